The number of rotatable bonds is 4. The van der Waals surface area contributed by atoms with E-state index in [0.717, 1.165) is 24.2 Å². The van der Waals surface area contributed by atoms with Gasteiger partial charge in [-0.05, 0) is 74.1 Å². The maximum Gasteiger partial charge on any atom is 0.261 e. The van der Waals surface area contributed by atoms with Gasteiger partial charge in [0.15, 0.2) is 0 Å². The van der Waals surface area contributed by atoms with Crippen molar-refractivity contribution in [3.05, 3.63) is 53.6 Å². The van der Waals surface area contributed by atoms with Crippen LogP contribution in [0, 0.1) is 0 Å². The molecule has 0 radical (unpaired) electrons. The summed E-state index contributed by atoms with van der Waals surface area (Å²) in [5.41, 5.74) is 2.48. The number of aryl methyl sites for hydroxylation is 1. The van der Waals surface area contributed by atoms with Crippen molar-refractivity contribution >= 4 is 15.7 Å². The molecule has 0 spiro atoms. The lowest BCUT2D eigenvalue weighted by atomic mass is 9.94. The van der Waals surface area contributed by atoms with Crippen LogP contribution in [0.4, 0.5) is 5.69 Å². The summed E-state index contributed by atoms with van der Waals surface area (Å²) >= 11 is 0. The summed E-state index contributed by atoms with van der Waals surface area (Å²) in [4.78, 5) is 0.266. The van der Waals surface area contributed by atoms with Gasteiger partial charge in [0, 0.05) is 5.69 Å². The van der Waals surface area contributed by atoms with Crippen LogP contribution in [-0.4, -0.2) is 14.0 Å². The van der Waals surface area contributed by atoms with Gasteiger partial charge in [-0.2, -0.15) is 0 Å². The Balaban J connectivity index is 1.83. The Labute approximate surface area is 150 Å². The average Bonchev–Trinajstić information content (AvgIpc) is 2.53. The van der Waals surface area contributed by atoms with Gasteiger partial charge in [-0.1, -0.05) is 26.0 Å². The third-order valence-corrected chi connectivity index (χ3v) is 5.93. The third kappa shape index (κ3) is 3.98. The van der Waals surface area contributed by atoms with Crippen molar-refractivity contribution < 1.29 is 13.2 Å². The normalized spacial score (nSPS) is 16.2. The summed E-state index contributed by atoms with van der Waals surface area (Å²) in [5, 5.41) is 0. The van der Waals surface area contributed by atoms with Crippen LogP contribution in [0.5, 0.6) is 5.75 Å². The number of benzene rings is 2. The summed E-state index contributed by atoms with van der Waals surface area (Å²) in [6.45, 7) is 8.30. The first-order valence-corrected chi connectivity index (χ1v) is 10.1. The molecule has 4 nitrogen and oxygen atoms in total. The molecular weight excluding hydrogens is 334 g/mol. The summed E-state index contributed by atoms with van der Waals surface area (Å²) in [6, 6.07) is 12.6. The van der Waals surface area contributed by atoms with Gasteiger partial charge in [0.1, 0.15) is 11.4 Å². The Bertz CT molecular complexity index is 868. The number of hydrogen-bond donors (Lipinski definition) is 1. The fraction of sp³-hybridized carbons (Fsp3) is 0.400. The van der Waals surface area contributed by atoms with Gasteiger partial charge in [0.2, 0.25) is 0 Å². The fourth-order valence-corrected chi connectivity index (χ4v) is 4.06. The molecule has 0 unspecified atom stereocenters. The molecule has 0 aliphatic carbocycles. The first-order chi connectivity index (χ1) is 11.7. The van der Waals surface area contributed by atoms with Crippen molar-refractivity contribution in [2.24, 2.45) is 0 Å². The average molecular weight is 359 g/mol. The minimum Gasteiger partial charge on any atom is -0.488 e. The van der Waals surface area contributed by atoms with Crippen LogP contribution in [0.25, 0.3) is 0 Å². The lowest BCUT2D eigenvalue weighted by Gasteiger charge is -2.32. The molecule has 5 heteroatoms. The van der Waals surface area contributed by atoms with Gasteiger partial charge >= 0.3 is 0 Å². The summed E-state index contributed by atoms with van der Waals surface area (Å²) < 4.78 is 33.9. The van der Waals surface area contributed by atoms with Gasteiger partial charge in [-0.25, -0.2) is 8.42 Å². The Kier molecular flexibility index (Phi) is 4.54. The summed E-state index contributed by atoms with van der Waals surface area (Å²) in [7, 11) is -3.61. The Morgan fingerprint density at radius 3 is 2.40 bits per heavy atom. The minimum atomic E-state index is -3.61. The predicted octanol–water partition coefficient (Wildman–Crippen LogP) is 4.71. The Morgan fingerprint density at radius 1 is 1.08 bits per heavy atom. The lowest BCUT2D eigenvalue weighted by molar-refractivity contribution is 0.0845. The van der Waals surface area contributed by atoms with Crippen LogP contribution in [0.2, 0.25) is 0 Å². The molecule has 134 valence electrons. The molecule has 2 aromatic rings. The number of ether oxygens (including phenoxy) is 1. The van der Waals surface area contributed by atoms with Crippen LogP contribution in [-0.2, 0) is 16.4 Å². The number of fused-ring (bicyclic) bond motifs is 1. The van der Waals surface area contributed by atoms with Crippen LogP contribution >= 0.6 is 0 Å². The van der Waals surface area contributed by atoms with E-state index in [-0.39, 0.29) is 10.5 Å². The van der Waals surface area contributed by atoms with Gasteiger partial charge in [0.25, 0.3) is 10.0 Å². The second-order valence-corrected chi connectivity index (χ2v) is 9.20. The quantitative estimate of drug-likeness (QED) is 0.860. The maximum atomic E-state index is 12.7. The number of sulfonamides is 1. The first kappa shape index (κ1) is 17.8. The topological polar surface area (TPSA) is 55.4 Å². The van der Waals surface area contributed by atoms with E-state index in [1.54, 1.807) is 30.3 Å². The Morgan fingerprint density at radius 2 is 1.76 bits per heavy atom. The monoisotopic (exact) mass is 359 g/mol. The van der Waals surface area contributed by atoms with E-state index in [2.05, 4.69) is 18.6 Å². The van der Waals surface area contributed by atoms with Crippen molar-refractivity contribution in [1.29, 1.82) is 0 Å². The highest BCUT2D eigenvalue weighted by atomic mass is 32.2. The number of hydrogen-bond acceptors (Lipinski definition) is 3. The minimum absolute atomic E-state index is 0.205. The van der Waals surface area contributed by atoms with E-state index < -0.39 is 10.0 Å². The second kappa shape index (κ2) is 6.37. The van der Waals surface area contributed by atoms with Gasteiger partial charge in [-0.3, -0.25) is 4.72 Å². The maximum absolute atomic E-state index is 12.7. The van der Waals surface area contributed by atoms with E-state index in [9.17, 15) is 8.42 Å². The van der Waals surface area contributed by atoms with Crippen LogP contribution in [0.15, 0.2) is 47.4 Å². The van der Waals surface area contributed by atoms with Crippen molar-refractivity contribution in [1.82, 2.24) is 0 Å². The molecule has 0 fully saturated rings. The first-order valence-electron chi connectivity index (χ1n) is 8.61. The SMILES string of the molecule is CC(C)c1ccc(NS(=O)(=O)c2ccc3c(c2)CCC(C)(C)O3)cc1. The second-order valence-electron chi connectivity index (χ2n) is 7.51. The molecule has 1 heterocycles. The largest absolute Gasteiger partial charge is 0.488 e. The van der Waals surface area contributed by atoms with Crippen LogP contribution < -0.4 is 9.46 Å². The molecule has 0 atom stereocenters. The highest BCUT2D eigenvalue weighted by Gasteiger charge is 2.27. The van der Waals surface area contributed by atoms with E-state index in [0.29, 0.717) is 11.6 Å². The summed E-state index contributed by atoms with van der Waals surface area (Å²) in [6.07, 6.45) is 1.68. The summed E-state index contributed by atoms with van der Waals surface area (Å²) in [5.74, 6) is 1.19. The zero-order valence-corrected chi connectivity index (χ0v) is 16.0. The van der Waals surface area contributed by atoms with Crippen molar-refractivity contribution in [2.45, 2.75) is 57.0 Å². The molecular formula is C20H25NO3S. The van der Waals surface area contributed by atoms with Gasteiger partial charge in [0.05, 0.1) is 4.90 Å². The van der Waals surface area contributed by atoms with E-state index in [1.807, 2.05) is 26.0 Å². The molecule has 0 saturated carbocycles. The van der Waals surface area contributed by atoms with E-state index in [1.165, 1.54) is 5.56 Å². The van der Waals surface area contributed by atoms with Gasteiger partial charge < -0.3 is 4.74 Å². The molecule has 1 N–H and O–H groups in total. The number of nitrogens with one attached hydrogen (secondary N) is 1. The molecule has 25 heavy (non-hydrogen) atoms. The van der Waals surface area contributed by atoms with Gasteiger partial charge in [-0.15, -0.1) is 0 Å². The highest BCUT2D eigenvalue weighted by molar-refractivity contribution is 7.92. The molecule has 1 aliphatic rings. The fourth-order valence-electron chi connectivity index (χ4n) is 2.95. The van der Waals surface area contributed by atoms with E-state index in [4.69, 9.17) is 4.74 Å². The molecule has 0 bridgehead atoms. The van der Waals surface area contributed by atoms with Crippen molar-refractivity contribution in [3.63, 3.8) is 0 Å². The molecule has 0 saturated heterocycles. The molecule has 2 aromatic carbocycles. The zero-order chi connectivity index (χ0) is 18.2. The zero-order valence-electron chi connectivity index (χ0n) is 15.2. The molecule has 3 rings (SSSR count). The van der Waals surface area contributed by atoms with Crippen molar-refractivity contribution in [2.75, 3.05) is 4.72 Å². The third-order valence-electron chi connectivity index (χ3n) is 4.55. The lowest BCUT2D eigenvalue weighted by Crippen LogP contribution is -2.32. The molecule has 0 aromatic heterocycles. The smallest absolute Gasteiger partial charge is 0.261 e. The molecule has 0 amide bonds. The standard InChI is InChI=1S/C20H25NO3S/c1-14(2)15-5-7-17(8-6-15)21-25(22,23)18-9-10-19-16(13-18)11-12-20(3,4)24-19/h5-10,13-14,21H,11-12H2,1-4H3. The van der Waals surface area contributed by atoms with Crippen LogP contribution in [0.1, 0.15) is 51.2 Å². The number of anilines is 1. The molecule has 1 aliphatic heterocycles. The highest BCUT2D eigenvalue weighted by Crippen LogP contribution is 2.34. The van der Waals surface area contributed by atoms with Crippen molar-refractivity contribution in [3.8, 4) is 5.75 Å². The van der Waals surface area contributed by atoms with Crippen LogP contribution in [0.3, 0.4) is 0 Å². The van der Waals surface area contributed by atoms with E-state index >= 15 is 0 Å². The Hall–Kier alpha value is -2.01. The predicted molar refractivity (Wildman–Crippen MR) is 101 cm³/mol.